The molecular formula is C21H23NO9. The van der Waals surface area contributed by atoms with Gasteiger partial charge < -0.3 is 34.5 Å². The first-order valence-corrected chi connectivity index (χ1v) is 9.48. The molecule has 2 aromatic rings. The number of aryl methyl sites for hydroxylation is 1. The lowest BCUT2D eigenvalue weighted by Crippen LogP contribution is -2.60. The Hall–Kier alpha value is -3.05. The van der Waals surface area contributed by atoms with E-state index in [0.717, 1.165) is 5.56 Å². The molecule has 0 aliphatic carbocycles. The lowest BCUT2D eigenvalue weighted by molar-refractivity contribution is -0.286. The number of carbonyl (C=O) groups is 3. The molecular weight excluding hydrogens is 410 g/mol. The number of hydrogen-bond acceptors (Lipinski definition) is 8. The molecule has 5 atom stereocenters. The first kappa shape index (κ1) is 22.6. The first-order chi connectivity index (χ1) is 14.6. The number of aliphatic hydroxyl groups is 3. The van der Waals surface area contributed by atoms with Crippen LogP contribution in [0.3, 0.4) is 0 Å². The first-order valence-electron chi connectivity index (χ1n) is 9.48. The zero-order valence-corrected chi connectivity index (χ0v) is 16.8. The third-order valence-electron chi connectivity index (χ3n) is 5.16. The van der Waals surface area contributed by atoms with Gasteiger partial charge in [0, 0.05) is 18.3 Å². The third-order valence-corrected chi connectivity index (χ3v) is 5.16. The highest BCUT2D eigenvalue weighted by molar-refractivity contribution is 6.08. The highest BCUT2D eigenvalue weighted by Crippen LogP contribution is 2.23. The van der Waals surface area contributed by atoms with Gasteiger partial charge in [-0.2, -0.15) is 0 Å². The van der Waals surface area contributed by atoms with Crippen molar-refractivity contribution in [1.82, 2.24) is 4.57 Å². The van der Waals surface area contributed by atoms with Crippen LogP contribution in [0.1, 0.15) is 27.3 Å². The molecule has 1 aromatic carbocycles. The Morgan fingerprint density at radius 3 is 2.26 bits per heavy atom. The number of hydrogen-bond donors (Lipinski definition) is 4. The summed E-state index contributed by atoms with van der Waals surface area (Å²) in [4.78, 5) is 36.2. The van der Waals surface area contributed by atoms with E-state index >= 15 is 0 Å². The van der Waals surface area contributed by atoms with Crippen LogP contribution in [0, 0.1) is 6.92 Å². The second kappa shape index (κ2) is 8.98. The molecule has 0 saturated carbocycles. The van der Waals surface area contributed by atoms with E-state index in [1.165, 1.54) is 4.57 Å². The van der Waals surface area contributed by atoms with E-state index in [4.69, 9.17) is 14.6 Å². The minimum atomic E-state index is -1.88. The predicted octanol–water partition coefficient (Wildman–Crippen LogP) is -0.458. The maximum atomic E-state index is 12.7. The number of ether oxygens (including phenoxy) is 2. The van der Waals surface area contributed by atoms with Gasteiger partial charge in [-0.25, -0.2) is 4.79 Å². The molecule has 1 aromatic heterocycles. The van der Waals surface area contributed by atoms with Gasteiger partial charge >= 0.3 is 11.9 Å². The number of aromatic nitrogens is 1. The van der Waals surface area contributed by atoms with Gasteiger partial charge in [-0.05, 0) is 19.1 Å². The zero-order valence-electron chi connectivity index (χ0n) is 16.8. The van der Waals surface area contributed by atoms with E-state index in [9.17, 15) is 29.7 Å². The van der Waals surface area contributed by atoms with Gasteiger partial charge in [0.25, 0.3) is 0 Å². The molecule has 166 valence electrons. The standard InChI is InChI=1S/C21H23NO9/c1-10-3-5-11(6-4-10)15(24)13-8-7-12(22(13)2)9-14(23)30-21-18(27)16(25)17(26)19(31-21)20(28)29/h3-8,16-19,21,25-27H,9H2,1-2H3,(H,28,29). The molecule has 3 rings (SSSR count). The molecule has 1 aliphatic heterocycles. The molecule has 0 amide bonds. The number of nitrogens with zero attached hydrogens (tertiary/aromatic N) is 1. The van der Waals surface area contributed by atoms with Gasteiger partial charge in [0.2, 0.25) is 12.1 Å². The summed E-state index contributed by atoms with van der Waals surface area (Å²) >= 11 is 0. The number of carboxylic acids is 1. The van der Waals surface area contributed by atoms with Crippen LogP contribution >= 0.6 is 0 Å². The van der Waals surface area contributed by atoms with Crippen molar-refractivity contribution in [3.8, 4) is 0 Å². The summed E-state index contributed by atoms with van der Waals surface area (Å²) in [6, 6.07) is 10.2. The van der Waals surface area contributed by atoms with Crippen LogP contribution < -0.4 is 0 Å². The fourth-order valence-corrected chi connectivity index (χ4v) is 3.28. The molecule has 10 heteroatoms. The average Bonchev–Trinajstić information content (AvgIpc) is 3.08. The molecule has 0 spiro atoms. The topological polar surface area (TPSA) is 156 Å². The largest absolute Gasteiger partial charge is 0.479 e. The van der Waals surface area contributed by atoms with Gasteiger partial charge in [0.15, 0.2) is 6.10 Å². The molecule has 1 aliphatic rings. The fourth-order valence-electron chi connectivity index (χ4n) is 3.28. The number of benzene rings is 1. The van der Waals surface area contributed by atoms with Crippen molar-refractivity contribution in [3.05, 3.63) is 58.9 Å². The summed E-state index contributed by atoms with van der Waals surface area (Å²) in [6.07, 6.45) is -9.54. The predicted molar refractivity (Wildman–Crippen MR) is 104 cm³/mol. The minimum absolute atomic E-state index is 0.227. The number of ketones is 1. The third kappa shape index (κ3) is 4.67. The zero-order chi connectivity index (χ0) is 22.9. The highest BCUT2D eigenvalue weighted by Gasteiger charge is 2.48. The van der Waals surface area contributed by atoms with Crippen molar-refractivity contribution < 1.29 is 44.3 Å². The maximum Gasteiger partial charge on any atom is 0.335 e. The molecule has 31 heavy (non-hydrogen) atoms. The maximum absolute atomic E-state index is 12.7. The van der Waals surface area contributed by atoms with Crippen LogP contribution in [0.5, 0.6) is 0 Å². The van der Waals surface area contributed by atoms with Crippen molar-refractivity contribution in [1.29, 1.82) is 0 Å². The Bertz CT molecular complexity index is 981. The SMILES string of the molecule is Cc1ccc(C(=O)c2ccc(CC(=O)OC3OC(C(=O)O)C(O)C(O)C3O)n2C)cc1. The van der Waals surface area contributed by atoms with E-state index in [1.807, 2.05) is 19.1 Å². The van der Waals surface area contributed by atoms with Crippen LogP contribution in [0.25, 0.3) is 0 Å². The van der Waals surface area contributed by atoms with Crippen molar-refractivity contribution in [3.63, 3.8) is 0 Å². The summed E-state index contributed by atoms with van der Waals surface area (Å²) in [5, 5.41) is 38.5. The molecule has 1 fully saturated rings. The van der Waals surface area contributed by atoms with Gasteiger partial charge in [-0.3, -0.25) is 9.59 Å². The van der Waals surface area contributed by atoms with Gasteiger partial charge in [0.05, 0.1) is 12.1 Å². The van der Waals surface area contributed by atoms with E-state index in [-0.39, 0.29) is 12.2 Å². The Balaban J connectivity index is 1.69. The summed E-state index contributed by atoms with van der Waals surface area (Å²) in [5.41, 5.74) is 2.29. The summed E-state index contributed by atoms with van der Waals surface area (Å²) < 4.78 is 11.4. The average molecular weight is 433 g/mol. The molecule has 1 saturated heterocycles. The Labute approximate surface area is 177 Å². The van der Waals surface area contributed by atoms with E-state index in [0.29, 0.717) is 17.0 Å². The lowest BCUT2D eigenvalue weighted by Gasteiger charge is -2.37. The number of aliphatic hydroxyl groups excluding tert-OH is 3. The number of carboxylic acid groups (broad SMARTS) is 1. The number of carbonyl (C=O) groups excluding carboxylic acids is 2. The second-order valence-corrected chi connectivity index (χ2v) is 7.37. The Kier molecular flexibility index (Phi) is 6.56. The smallest absolute Gasteiger partial charge is 0.335 e. The summed E-state index contributed by atoms with van der Waals surface area (Å²) in [7, 11) is 1.61. The monoisotopic (exact) mass is 433 g/mol. The van der Waals surface area contributed by atoms with Crippen molar-refractivity contribution in [2.24, 2.45) is 7.05 Å². The van der Waals surface area contributed by atoms with Crippen molar-refractivity contribution in [2.45, 2.75) is 44.1 Å². The van der Waals surface area contributed by atoms with Crippen molar-refractivity contribution in [2.75, 3.05) is 0 Å². The van der Waals surface area contributed by atoms with Crippen LogP contribution in [-0.4, -0.2) is 73.4 Å². The van der Waals surface area contributed by atoms with Crippen LogP contribution in [-0.2, 0) is 32.5 Å². The highest BCUT2D eigenvalue weighted by atomic mass is 16.7. The summed E-state index contributed by atoms with van der Waals surface area (Å²) in [6.45, 7) is 1.91. The van der Waals surface area contributed by atoms with Gasteiger partial charge in [-0.15, -0.1) is 0 Å². The molecule has 0 radical (unpaired) electrons. The fraction of sp³-hybridized carbons (Fsp3) is 0.381. The van der Waals surface area contributed by atoms with Gasteiger partial charge in [0.1, 0.15) is 18.3 Å². The molecule has 10 nitrogen and oxygen atoms in total. The minimum Gasteiger partial charge on any atom is -0.479 e. The molecule has 4 N–H and O–H groups in total. The molecule has 0 bridgehead atoms. The normalized spacial score (nSPS) is 25.8. The number of esters is 1. The number of aliphatic carboxylic acids is 1. The lowest BCUT2D eigenvalue weighted by atomic mass is 9.99. The van der Waals surface area contributed by atoms with E-state index in [1.54, 1.807) is 31.3 Å². The Morgan fingerprint density at radius 1 is 1.00 bits per heavy atom. The van der Waals surface area contributed by atoms with Gasteiger partial charge in [-0.1, -0.05) is 29.8 Å². The van der Waals surface area contributed by atoms with E-state index < -0.39 is 42.6 Å². The van der Waals surface area contributed by atoms with Crippen LogP contribution in [0.2, 0.25) is 0 Å². The molecule has 5 unspecified atom stereocenters. The summed E-state index contributed by atoms with van der Waals surface area (Å²) in [5.74, 6) is -2.69. The van der Waals surface area contributed by atoms with Crippen molar-refractivity contribution >= 4 is 17.7 Å². The van der Waals surface area contributed by atoms with E-state index in [2.05, 4.69) is 0 Å². The quantitative estimate of drug-likeness (QED) is 0.350. The number of rotatable bonds is 6. The Morgan fingerprint density at radius 2 is 1.65 bits per heavy atom. The second-order valence-electron chi connectivity index (χ2n) is 7.37. The molecule has 2 heterocycles. The van der Waals surface area contributed by atoms with Crippen LogP contribution in [0.4, 0.5) is 0 Å². The van der Waals surface area contributed by atoms with Crippen LogP contribution in [0.15, 0.2) is 36.4 Å².